The average Bonchev–Trinajstić information content (AvgIpc) is 2.97. The molecule has 1 amide bonds. The van der Waals surface area contributed by atoms with Gasteiger partial charge in [0.15, 0.2) is 0 Å². The lowest BCUT2D eigenvalue weighted by atomic mass is 10.1. The fraction of sp³-hybridized carbons (Fsp3) is 0.167. The third-order valence-electron chi connectivity index (χ3n) is 3.76. The van der Waals surface area contributed by atoms with Gasteiger partial charge in [-0.25, -0.2) is 4.39 Å². The number of amides is 1. The molecule has 3 rings (SSSR count). The number of benzene rings is 2. The van der Waals surface area contributed by atoms with Crippen molar-refractivity contribution in [2.45, 2.75) is 6.42 Å². The van der Waals surface area contributed by atoms with E-state index in [0.717, 1.165) is 16.5 Å². The Hall–Kier alpha value is -2.82. The molecule has 3 aromatic rings. The molecule has 4 nitrogen and oxygen atoms in total. The lowest BCUT2D eigenvalue weighted by molar-refractivity contribution is 0.0954. The Balaban J connectivity index is 1.61. The molecule has 0 aliphatic rings. The summed E-state index contributed by atoms with van der Waals surface area (Å²) in [5, 5.41) is 3.72. The summed E-state index contributed by atoms with van der Waals surface area (Å²) in [7, 11) is 1.58. The fourth-order valence-corrected chi connectivity index (χ4v) is 2.51. The second kappa shape index (κ2) is 6.52. The van der Waals surface area contributed by atoms with Crippen LogP contribution in [0.4, 0.5) is 4.39 Å². The highest BCUT2D eigenvalue weighted by atomic mass is 19.1. The first kappa shape index (κ1) is 15.1. The van der Waals surface area contributed by atoms with Crippen molar-refractivity contribution < 1.29 is 13.9 Å². The monoisotopic (exact) mass is 312 g/mol. The van der Waals surface area contributed by atoms with Crippen molar-refractivity contribution in [3.63, 3.8) is 0 Å². The van der Waals surface area contributed by atoms with E-state index in [-0.39, 0.29) is 11.7 Å². The van der Waals surface area contributed by atoms with Crippen LogP contribution >= 0.6 is 0 Å². The molecule has 0 aliphatic carbocycles. The number of hydrogen-bond donors (Lipinski definition) is 2. The van der Waals surface area contributed by atoms with Crippen LogP contribution in [-0.2, 0) is 6.42 Å². The molecule has 2 N–H and O–H groups in total. The van der Waals surface area contributed by atoms with Crippen molar-refractivity contribution in [1.29, 1.82) is 0 Å². The third kappa shape index (κ3) is 3.34. The molecular weight excluding hydrogens is 295 g/mol. The van der Waals surface area contributed by atoms with Crippen LogP contribution in [0.1, 0.15) is 15.9 Å². The van der Waals surface area contributed by atoms with Gasteiger partial charge in [-0.3, -0.25) is 4.79 Å². The molecule has 0 saturated heterocycles. The molecule has 0 saturated carbocycles. The van der Waals surface area contributed by atoms with Crippen molar-refractivity contribution in [2.24, 2.45) is 0 Å². The number of H-pyrrole nitrogens is 1. The number of aromatic amines is 1. The summed E-state index contributed by atoms with van der Waals surface area (Å²) < 4.78 is 18.4. The molecule has 5 heteroatoms. The van der Waals surface area contributed by atoms with Gasteiger partial charge in [0.2, 0.25) is 0 Å². The van der Waals surface area contributed by atoms with E-state index in [2.05, 4.69) is 10.3 Å². The molecule has 0 radical (unpaired) electrons. The molecule has 2 aromatic carbocycles. The zero-order valence-corrected chi connectivity index (χ0v) is 12.7. The first-order chi connectivity index (χ1) is 11.2. The number of methoxy groups -OCH3 is 1. The van der Waals surface area contributed by atoms with Crippen LogP contribution in [0, 0.1) is 5.82 Å². The minimum atomic E-state index is -0.263. The zero-order valence-electron chi connectivity index (χ0n) is 12.7. The van der Waals surface area contributed by atoms with Gasteiger partial charge in [-0.1, -0.05) is 0 Å². The second-order valence-corrected chi connectivity index (χ2v) is 5.24. The highest BCUT2D eigenvalue weighted by Crippen LogP contribution is 2.19. The summed E-state index contributed by atoms with van der Waals surface area (Å²) in [5.74, 6) is 0.307. The minimum Gasteiger partial charge on any atom is -0.497 e. The predicted molar refractivity (Wildman–Crippen MR) is 87.3 cm³/mol. The normalized spacial score (nSPS) is 10.7. The first-order valence-corrected chi connectivity index (χ1v) is 7.35. The van der Waals surface area contributed by atoms with Gasteiger partial charge < -0.3 is 15.0 Å². The van der Waals surface area contributed by atoms with Crippen LogP contribution in [0.25, 0.3) is 10.9 Å². The number of carbonyl (C=O) groups excluding carboxylic acids is 1. The molecule has 23 heavy (non-hydrogen) atoms. The van der Waals surface area contributed by atoms with Crippen molar-refractivity contribution >= 4 is 16.8 Å². The Morgan fingerprint density at radius 2 is 2.00 bits per heavy atom. The molecule has 0 atom stereocenters. The maximum absolute atomic E-state index is 13.3. The Morgan fingerprint density at radius 3 is 2.74 bits per heavy atom. The van der Waals surface area contributed by atoms with Crippen molar-refractivity contribution in [1.82, 2.24) is 10.3 Å². The molecule has 118 valence electrons. The van der Waals surface area contributed by atoms with Gasteiger partial charge in [0, 0.05) is 29.2 Å². The van der Waals surface area contributed by atoms with E-state index < -0.39 is 0 Å². The van der Waals surface area contributed by atoms with E-state index >= 15 is 0 Å². The summed E-state index contributed by atoms with van der Waals surface area (Å²) in [6, 6.07) is 11.6. The summed E-state index contributed by atoms with van der Waals surface area (Å²) in [4.78, 5) is 15.2. The van der Waals surface area contributed by atoms with E-state index in [1.807, 2.05) is 6.20 Å². The molecule has 0 unspecified atom stereocenters. The van der Waals surface area contributed by atoms with E-state index in [4.69, 9.17) is 4.74 Å². The van der Waals surface area contributed by atoms with Crippen molar-refractivity contribution in [2.75, 3.05) is 13.7 Å². The van der Waals surface area contributed by atoms with Crippen LogP contribution in [-0.4, -0.2) is 24.5 Å². The number of hydrogen-bond acceptors (Lipinski definition) is 2. The van der Waals surface area contributed by atoms with Crippen LogP contribution in [0.2, 0.25) is 0 Å². The summed E-state index contributed by atoms with van der Waals surface area (Å²) in [6.45, 7) is 0.480. The second-order valence-electron chi connectivity index (χ2n) is 5.24. The maximum atomic E-state index is 13.3. The van der Waals surface area contributed by atoms with Gasteiger partial charge in [0.05, 0.1) is 7.11 Å². The lowest BCUT2D eigenvalue weighted by Crippen LogP contribution is -2.25. The van der Waals surface area contributed by atoms with Gasteiger partial charge in [0.1, 0.15) is 11.6 Å². The molecular formula is C18H17FN2O2. The zero-order chi connectivity index (χ0) is 16.2. The Bertz CT molecular complexity index is 825. The smallest absolute Gasteiger partial charge is 0.251 e. The van der Waals surface area contributed by atoms with Crippen LogP contribution < -0.4 is 10.1 Å². The van der Waals surface area contributed by atoms with E-state index in [1.165, 1.54) is 12.1 Å². The highest BCUT2D eigenvalue weighted by molar-refractivity contribution is 5.94. The Kier molecular flexibility index (Phi) is 4.28. The minimum absolute atomic E-state index is 0.140. The van der Waals surface area contributed by atoms with Crippen molar-refractivity contribution in [3.05, 3.63) is 65.6 Å². The molecule has 0 fully saturated rings. The Labute approximate surface area is 133 Å². The first-order valence-electron chi connectivity index (χ1n) is 7.35. The standard InChI is InChI=1S/C18H17FN2O2/c1-23-15-5-2-12(3-6-15)18(22)20-9-8-13-11-21-17-7-4-14(19)10-16(13)17/h2-7,10-11,21H,8-9H2,1H3,(H,20,22). The van der Waals surface area contributed by atoms with Gasteiger partial charge >= 0.3 is 0 Å². The van der Waals surface area contributed by atoms with Gasteiger partial charge in [-0.15, -0.1) is 0 Å². The number of ether oxygens (including phenoxy) is 1. The average molecular weight is 312 g/mol. The number of fused-ring (bicyclic) bond motifs is 1. The summed E-state index contributed by atoms with van der Waals surface area (Å²) in [5.41, 5.74) is 2.45. The van der Waals surface area contributed by atoms with E-state index in [1.54, 1.807) is 37.4 Å². The lowest BCUT2D eigenvalue weighted by Gasteiger charge is -2.06. The summed E-state index contributed by atoms with van der Waals surface area (Å²) in [6.07, 6.45) is 2.48. The molecule has 1 aromatic heterocycles. The highest BCUT2D eigenvalue weighted by Gasteiger charge is 2.07. The number of nitrogens with one attached hydrogen (secondary N) is 2. The summed E-state index contributed by atoms with van der Waals surface area (Å²) >= 11 is 0. The third-order valence-corrected chi connectivity index (χ3v) is 3.76. The van der Waals surface area contributed by atoms with Crippen LogP contribution in [0.15, 0.2) is 48.7 Å². The van der Waals surface area contributed by atoms with Gasteiger partial charge in [-0.05, 0) is 54.4 Å². The molecule has 0 aliphatic heterocycles. The number of rotatable bonds is 5. The Morgan fingerprint density at radius 1 is 1.22 bits per heavy atom. The SMILES string of the molecule is COc1ccc(C(=O)NCCc2c[nH]c3ccc(F)cc23)cc1. The van der Waals surface area contributed by atoms with Gasteiger partial charge in [0.25, 0.3) is 5.91 Å². The fourth-order valence-electron chi connectivity index (χ4n) is 2.51. The number of carbonyl (C=O) groups is 1. The molecule has 0 spiro atoms. The van der Waals surface area contributed by atoms with Gasteiger partial charge in [-0.2, -0.15) is 0 Å². The van der Waals surface area contributed by atoms with Crippen LogP contribution in [0.3, 0.4) is 0 Å². The largest absolute Gasteiger partial charge is 0.497 e. The quantitative estimate of drug-likeness (QED) is 0.759. The number of aromatic nitrogens is 1. The van der Waals surface area contributed by atoms with E-state index in [0.29, 0.717) is 24.3 Å². The molecule has 1 heterocycles. The maximum Gasteiger partial charge on any atom is 0.251 e. The topological polar surface area (TPSA) is 54.1 Å². The number of halogens is 1. The predicted octanol–water partition coefficient (Wildman–Crippen LogP) is 3.29. The van der Waals surface area contributed by atoms with Crippen LogP contribution in [0.5, 0.6) is 5.75 Å². The van der Waals surface area contributed by atoms with Crippen molar-refractivity contribution in [3.8, 4) is 5.75 Å². The van der Waals surface area contributed by atoms with E-state index in [9.17, 15) is 9.18 Å². The molecule has 0 bridgehead atoms.